The molecule has 7 nitrogen and oxygen atoms in total. The van der Waals surface area contributed by atoms with Crippen LogP contribution in [0.5, 0.6) is 0 Å². The molecule has 2 aliphatic rings. The maximum Gasteiger partial charge on any atom is 0.269 e. The highest BCUT2D eigenvalue weighted by Crippen LogP contribution is 2.47. The Morgan fingerprint density at radius 3 is 2.38 bits per heavy atom. The molecule has 0 aliphatic carbocycles. The van der Waals surface area contributed by atoms with Crippen LogP contribution in [0.25, 0.3) is 0 Å². The number of piperazine rings is 1. The number of hydrogen-bond acceptors (Lipinski definition) is 5. The summed E-state index contributed by atoms with van der Waals surface area (Å²) >= 11 is 0. The van der Waals surface area contributed by atoms with Crippen molar-refractivity contribution in [3.8, 4) is 0 Å². The van der Waals surface area contributed by atoms with Crippen LogP contribution in [0.3, 0.4) is 0 Å². The smallest absolute Gasteiger partial charge is 0.269 e. The lowest BCUT2D eigenvalue weighted by atomic mass is 9.94. The summed E-state index contributed by atoms with van der Waals surface area (Å²) in [6.45, 7) is 14.6. The molecule has 26 heavy (non-hydrogen) atoms. The molecule has 2 fully saturated rings. The fourth-order valence-corrected chi connectivity index (χ4v) is 5.03. The van der Waals surface area contributed by atoms with Crippen LogP contribution >= 0.6 is 7.52 Å². The van der Waals surface area contributed by atoms with Gasteiger partial charge in [0.25, 0.3) is 7.52 Å². The minimum Gasteiger partial charge on any atom is -0.379 e. The molecular formula is C17H35BN3O4P. The standard InChI is InChI=1S/C17H35BN3O4P/c1-6-16(22)19-7-9-21(10-8-19)26(5,23)24-13-14-11-20(17(2,3)4)12-15(18)25-14/h14-15H,6-13,18H2,1-5H3. The highest BCUT2D eigenvalue weighted by Gasteiger charge is 2.35. The van der Waals surface area contributed by atoms with Gasteiger partial charge in [-0.15, -0.1) is 0 Å². The largest absolute Gasteiger partial charge is 0.379 e. The molecule has 3 unspecified atom stereocenters. The van der Waals surface area contributed by atoms with E-state index in [0.29, 0.717) is 39.2 Å². The van der Waals surface area contributed by atoms with Gasteiger partial charge in [-0.25, -0.2) is 4.67 Å². The van der Waals surface area contributed by atoms with Gasteiger partial charge in [-0.2, -0.15) is 0 Å². The molecule has 2 rings (SSSR count). The Labute approximate surface area is 159 Å². The molecule has 0 N–H and O–H groups in total. The third-order valence-electron chi connectivity index (χ3n) is 5.20. The van der Waals surface area contributed by atoms with Gasteiger partial charge >= 0.3 is 0 Å². The fraction of sp³-hybridized carbons (Fsp3) is 0.941. The van der Waals surface area contributed by atoms with Crippen LogP contribution in [-0.2, 0) is 18.6 Å². The monoisotopic (exact) mass is 387 g/mol. The van der Waals surface area contributed by atoms with Crippen molar-refractivity contribution in [1.82, 2.24) is 14.5 Å². The van der Waals surface area contributed by atoms with Gasteiger partial charge in [0.05, 0.1) is 12.7 Å². The van der Waals surface area contributed by atoms with Crippen LogP contribution in [0.2, 0.25) is 0 Å². The molecule has 0 bridgehead atoms. The van der Waals surface area contributed by atoms with Gasteiger partial charge < -0.3 is 14.2 Å². The first kappa shape index (κ1) is 21.9. The van der Waals surface area contributed by atoms with Gasteiger partial charge in [0, 0.05) is 63.9 Å². The van der Waals surface area contributed by atoms with Crippen LogP contribution in [0.4, 0.5) is 0 Å². The number of amides is 1. The average Bonchev–Trinajstić information content (AvgIpc) is 2.58. The second-order valence-corrected chi connectivity index (χ2v) is 10.9. The van der Waals surface area contributed by atoms with E-state index >= 15 is 0 Å². The summed E-state index contributed by atoms with van der Waals surface area (Å²) in [7, 11) is -0.813. The summed E-state index contributed by atoms with van der Waals surface area (Å²) in [6, 6.07) is 0.136. The second kappa shape index (κ2) is 8.74. The number of ether oxygens (including phenoxy) is 1. The molecule has 9 heteroatoms. The molecule has 2 aliphatic heterocycles. The Hall–Kier alpha value is -0.395. The maximum atomic E-state index is 13.0. The second-order valence-electron chi connectivity index (χ2n) is 8.43. The predicted octanol–water partition coefficient (Wildman–Crippen LogP) is 0.839. The van der Waals surface area contributed by atoms with Crippen molar-refractivity contribution < 1.29 is 18.6 Å². The van der Waals surface area contributed by atoms with E-state index in [1.807, 2.05) is 16.5 Å². The van der Waals surface area contributed by atoms with Gasteiger partial charge in [-0.3, -0.25) is 14.3 Å². The summed E-state index contributed by atoms with van der Waals surface area (Å²) in [6.07, 6.45) is 0.441. The zero-order valence-corrected chi connectivity index (χ0v) is 18.1. The first-order valence-electron chi connectivity index (χ1n) is 9.68. The van der Waals surface area contributed by atoms with E-state index in [0.717, 1.165) is 13.1 Å². The van der Waals surface area contributed by atoms with Gasteiger partial charge in [-0.05, 0) is 20.8 Å². The Balaban J connectivity index is 1.86. The molecule has 3 atom stereocenters. The predicted molar refractivity (Wildman–Crippen MR) is 106 cm³/mol. The van der Waals surface area contributed by atoms with Gasteiger partial charge in [-0.1, -0.05) is 6.92 Å². The van der Waals surface area contributed by atoms with Crippen molar-refractivity contribution in [2.75, 3.05) is 52.5 Å². The van der Waals surface area contributed by atoms with E-state index in [2.05, 4.69) is 33.5 Å². The molecule has 0 aromatic heterocycles. The highest BCUT2D eigenvalue weighted by molar-refractivity contribution is 7.55. The van der Waals surface area contributed by atoms with Gasteiger partial charge in [0.2, 0.25) is 5.91 Å². The molecular weight excluding hydrogens is 352 g/mol. The number of rotatable bonds is 5. The molecule has 150 valence electrons. The van der Waals surface area contributed by atoms with Crippen LogP contribution in [0.15, 0.2) is 0 Å². The van der Waals surface area contributed by atoms with Gasteiger partial charge in [0.1, 0.15) is 7.85 Å². The first-order valence-corrected chi connectivity index (χ1v) is 11.7. The van der Waals surface area contributed by atoms with E-state index in [1.165, 1.54) is 0 Å². The van der Waals surface area contributed by atoms with Crippen LogP contribution in [0.1, 0.15) is 34.1 Å². The average molecular weight is 387 g/mol. The summed E-state index contributed by atoms with van der Waals surface area (Å²) in [5.74, 6) is 0.156. The van der Waals surface area contributed by atoms with E-state index in [9.17, 15) is 9.36 Å². The SMILES string of the molecule is BC1CN(C(C)(C)C)CC(COP(C)(=O)N2CCN(C(=O)CC)CC2)O1. The van der Waals surface area contributed by atoms with Crippen molar-refractivity contribution in [3.63, 3.8) is 0 Å². The number of carbonyl (C=O) groups is 1. The number of carbonyl (C=O) groups excluding carboxylic acids is 1. The zero-order valence-electron chi connectivity index (χ0n) is 17.2. The van der Waals surface area contributed by atoms with Crippen LogP contribution in [-0.4, -0.2) is 98.4 Å². The summed E-state index contributed by atoms with van der Waals surface area (Å²) in [5.41, 5.74) is 0.0777. The molecule has 2 saturated heterocycles. The van der Waals surface area contributed by atoms with E-state index < -0.39 is 7.52 Å². The van der Waals surface area contributed by atoms with Crippen molar-refractivity contribution in [1.29, 1.82) is 0 Å². The fourth-order valence-electron chi connectivity index (χ4n) is 3.52. The molecule has 0 aromatic rings. The van der Waals surface area contributed by atoms with E-state index in [-0.39, 0.29) is 23.6 Å². The van der Waals surface area contributed by atoms with Crippen molar-refractivity contribution in [2.45, 2.75) is 51.8 Å². The minimum atomic E-state index is -2.88. The number of hydrogen-bond donors (Lipinski definition) is 0. The van der Waals surface area contributed by atoms with Gasteiger partial charge in [0.15, 0.2) is 0 Å². The van der Waals surface area contributed by atoms with E-state index in [1.54, 1.807) is 6.66 Å². The normalized spacial score (nSPS) is 28.7. The lowest BCUT2D eigenvalue weighted by Gasteiger charge is -2.44. The van der Waals surface area contributed by atoms with Crippen LogP contribution in [0, 0.1) is 0 Å². The lowest BCUT2D eigenvalue weighted by molar-refractivity contribution is -0.132. The molecule has 0 aromatic carbocycles. The third kappa shape index (κ3) is 5.80. The molecule has 0 spiro atoms. The number of morpholine rings is 1. The highest BCUT2D eigenvalue weighted by atomic mass is 31.2. The Kier molecular flexibility index (Phi) is 7.36. The zero-order chi connectivity index (χ0) is 19.5. The Morgan fingerprint density at radius 1 is 1.23 bits per heavy atom. The first-order chi connectivity index (χ1) is 12.0. The summed E-state index contributed by atoms with van der Waals surface area (Å²) in [4.78, 5) is 16.0. The van der Waals surface area contributed by atoms with Crippen LogP contribution < -0.4 is 0 Å². The lowest BCUT2D eigenvalue weighted by Crippen LogP contribution is -2.56. The maximum absolute atomic E-state index is 13.0. The van der Waals surface area contributed by atoms with Crippen molar-refractivity contribution >= 4 is 21.3 Å². The molecule has 1 amide bonds. The van der Waals surface area contributed by atoms with E-state index in [4.69, 9.17) is 9.26 Å². The number of nitrogens with zero attached hydrogens (tertiary/aromatic N) is 3. The third-order valence-corrected chi connectivity index (χ3v) is 7.26. The molecule has 0 radical (unpaired) electrons. The summed E-state index contributed by atoms with van der Waals surface area (Å²) < 4.78 is 26.8. The molecule has 0 saturated carbocycles. The topological polar surface area (TPSA) is 62.3 Å². The Bertz CT molecular complexity index is 535. The molecule has 2 heterocycles. The minimum absolute atomic E-state index is 0.0748. The van der Waals surface area contributed by atoms with Crippen molar-refractivity contribution in [3.05, 3.63) is 0 Å². The van der Waals surface area contributed by atoms with Crippen molar-refractivity contribution in [2.24, 2.45) is 0 Å². The quantitative estimate of drug-likeness (QED) is 0.515. The summed E-state index contributed by atoms with van der Waals surface area (Å²) in [5, 5.41) is 0. The Morgan fingerprint density at radius 2 is 1.85 bits per heavy atom.